The molecule has 0 bridgehead atoms. The number of hydrogen-bond donors (Lipinski definition) is 2. The molecule has 2 N–H and O–H groups in total. The van der Waals surface area contributed by atoms with Gasteiger partial charge in [-0.15, -0.1) is 0 Å². The van der Waals surface area contributed by atoms with E-state index >= 15 is 0 Å². The van der Waals surface area contributed by atoms with E-state index in [0.29, 0.717) is 22.9 Å². The molecule has 4 rings (SSSR count). The maximum Gasteiger partial charge on any atom is 0.418 e. The summed E-state index contributed by atoms with van der Waals surface area (Å²) >= 11 is 0. The minimum atomic E-state index is -4.46. The zero-order chi connectivity index (χ0) is 18.9. The van der Waals surface area contributed by atoms with Gasteiger partial charge in [0.25, 0.3) is 0 Å². The van der Waals surface area contributed by atoms with Crippen LogP contribution in [0.5, 0.6) is 0 Å². The van der Waals surface area contributed by atoms with Crippen LogP contribution in [0.25, 0.3) is 10.9 Å². The van der Waals surface area contributed by atoms with Gasteiger partial charge in [-0.1, -0.05) is 12.1 Å². The maximum atomic E-state index is 13.3. The Kier molecular flexibility index (Phi) is 3.63. The van der Waals surface area contributed by atoms with Crippen molar-refractivity contribution in [2.45, 2.75) is 25.6 Å². The SMILES string of the molecule is Cn1nc(C(C)(C)NC(=O)C2C3CNC[C@@H]32)c2cccc(C(F)(F)F)c21. The first-order valence-corrected chi connectivity index (χ1v) is 8.67. The van der Waals surface area contributed by atoms with E-state index in [1.807, 2.05) is 0 Å². The van der Waals surface area contributed by atoms with E-state index in [1.54, 1.807) is 19.9 Å². The lowest BCUT2D eigenvalue weighted by Crippen LogP contribution is -2.43. The minimum absolute atomic E-state index is 0.00348. The molecule has 0 spiro atoms. The smallest absolute Gasteiger partial charge is 0.345 e. The molecule has 2 unspecified atom stereocenters. The average molecular weight is 366 g/mol. The lowest BCUT2D eigenvalue weighted by atomic mass is 9.95. The fraction of sp³-hybridized carbons (Fsp3) is 0.556. The highest BCUT2D eigenvalue weighted by Gasteiger charge is 2.57. The third-order valence-corrected chi connectivity index (χ3v) is 5.59. The average Bonchev–Trinajstić information content (AvgIpc) is 2.88. The lowest BCUT2D eigenvalue weighted by Gasteiger charge is -2.25. The van der Waals surface area contributed by atoms with E-state index in [-0.39, 0.29) is 17.3 Å². The van der Waals surface area contributed by atoms with Crippen LogP contribution < -0.4 is 10.6 Å². The molecule has 1 aliphatic carbocycles. The summed E-state index contributed by atoms with van der Waals surface area (Å²) in [7, 11) is 1.50. The molecule has 2 aromatic rings. The van der Waals surface area contributed by atoms with Crippen LogP contribution in [0.3, 0.4) is 0 Å². The van der Waals surface area contributed by atoms with Gasteiger partial charge < -0.3 is 10.6 Å². The van der Waals surface area contributed by atoms with Gasteiger partial charge in [0.2, 0.25) is 5.91 Å². The number of piperidine rings is 1. The second-order valence-corrected chi connectivity index (χ2v) is 7.80. The first-order chi connectivity index (χ1) is 12.1. The van der Waals surface area contributed by atoms with Crippen LogP contribution in [0.1, 0.15) is 25.1 Å². The van der Waals surface area contributed by atoms with Crippen molar-refractivity contribution in [1.29, 1.82) is 0 Å². The van der Waals surface area contributed by atoms with Crippen LogP contribution in [-0.2, 0) is 23.6 Å². The van der Waals surface area contributed by atoms with Crippen LogP contribution in [0.15, 0.2) is 18.2 Å². The molecule has 5 nitrogen and oxygen atoms in total. The van der Waals surface area contributed by atoms with Gasteiger partial charge in [-0.25, -0.2) is 0 Å². The molecular weight excluding hydrogens is 345 g/mol. The molecule has 26 heavy (non-hydrogen) atoms. The Morgan fingerprint density at radius 3 is 2.54 bits per heavy atom. The summed E-state index contributed by atoms with van der Waals surface area (Å²) in [5.74, 6) is 0.708. The molecule has 2 fully saturated rings. The summed E-state index contributed by atoms with van der Waals surface area (Å²) < 4.78 is 41.3. The molecule has 3 atom stereocenters. The molecule has 1 saturated carbocycles. The first-order valence-electron chi connectivity index (χ1n) is 8.67. The van der Waals surface area contributed by atoms with Crippen molar-refractivity contribution in [2.75, 3.05) is 13.1 Å². The van der Waals surface area contributed by atoms with Gasteiger partial charge in [0.15, 0.2) is 0 Å². The number of fused-ring (bicyclic) bond motifs is 2. The molecule has 1 aromatic carbocycles. The number of carbonyl (C=O) groups is 1. The monoisotopic (exact) mass is 366 g/mol. The molecule has 1 aromatic heterocycles. The van der Waals surface area contributed by atoms with Crippen LogP contribution in [0.2, 0.25) is 0 Å². The van der Waals surface area contributed by atoms with E-state index in [9.17, 15) is 18.0 Å². The predicted molar refractivity (Wildman–Crippen MR) is 90.2 cm³/mol. The molecule has 1 amide bonds. The van der Waals surface area contributed by atoms with Crippen molar-refractivity contribution in [3.05, 3.63) is 29.5 Å². The van der Waals surface area contributed by atoms with E-state index < -0.39 is 17.3 Å². The Labute approximate surface area is 148 Å². The van der Waals surface area contributed by atoms with Crippen LogP contribution >= 0.6 is 0 Å². The predicted octanol–water partition coefficient (Wildman–Crippen LogP) is 2.41. The number of para-hydroxylation sites is 1. The van der Waals surface area contributed by atoms with Crippen molar-refractivity contribution >= 4 is 16.8 Å². The van der Waals surface area contributed by atoms with Gasteiger partial charge in [-0.2, -0.15) is 18.3 Å². The molecule has 2 heterocycles. The van der Waals surface area contributed by atoms with Gasteiger partial charge >= 0.3 is 6.18 Å². The molecule has 2 aliphatic rings. The van der Waals surface area contributed by atoms with Gasteiger partial charge in [0.1, 0.15) is 0 Å². The molecule has 1 aliphatic heterocycles. The number of aromatic nitrogens is 2. The lowest BCUT2D eigenvalue weighted by molar-refractivity contribution is -0.136. The van der Waals surface area contributed by atoms with Crippen molar-refractivity contribution in [3.63, 3.8) is 0 Å². The maximum absolute atomic E-state index is 13.3. The number of rotatable bonds is 3. The van der Waals surface area contributed by atoms with Crippen molar-refractivity contribution in [2.24, 2.45) is 24.8 Å². The topological polar surface area (TPSA) is 59.0 Å². The molecule has 1 saturated heterocycles. The second-order valence-electron chi connectivity index (χ2n) is 7.80. The largest absolute Gasteiger partial charge is 0.418 e. The number of halogens is 3. The Morgan fingerprint density at radius 2 is 1.92 bits per heavy atom. The number of hydrogen-bond acceptors (Lipinski definition) is 3. The Morgan fingerprint density at radius 1 is 1.27 bits per heavy atom. The highest BCUT2D eigenvalue weighted by molar-refractivity contribution is 5.88. The number of benzene rings is 1. The van der Waals surface area contributed by atoms with Crippen LogP contribution in [0, 0.1) is 17.8 Å². The number of amides is 1. The number of aryl methyl sites for hydroxylation is 1. The highest BCUT2D eigenvalue weighted by atomic mass is 19.4. The van der Waals surface area contributed by atoms with Gasteiger partial charge in [0.05, 0.1) is 22.3 Å². The fourth-order valence-corrected chi connectivity index (χ4v) is 4.29. The molecule has 8 heteroatoms. The second kappa shape index (κ2) is 5.45. The zero-order valence-corrected chi connectivity index (χ0v) is 14.8. The van der Waals surface area contributed by atoms with Crippen molar-refractivity contribution < 1.29 is 18.0 Å². The normalized spacial score (nSPS) is 25.4. The van der Waals surface area contributed by atoms with E-state index in [4.69, 9.17) is 0 Å². The number of carbonyl (C=O) groups excluding carboxylic acids is 1. The third kappa shape index (κ3) is 2.58. The van der Waals surface area contributed by atoms with Gasteiger partial charge in [-0.05, 0) is 44.8 Å². The summed E-state index contributed by atoms with van der Waals surface area (Å²) in [6.07, 6.45) is -4.46. The number of nitrogens with one attached hydrogen (secondary N) is 2. The Hall–Kier alpha value is -2.09. The summed E-state index contributed by atoms with van der Waals surface area (Å²) in [6.45, 7) is 5.27. The van der Waals surface area contributed by atoms with Crippen LogP contribution in [0.4, 0.5) is 13.2 Å². The standard InChI is InChI=1S/C18H21F3N4O/c1-17(2,23-16(26)13-10-7-22-8-11(10)13)15-9-5-4-6-12(18(19,20)21)14(9)25(3)24-15/h4-6,10-11,13,22H,7-8H2,1-3H3,(H,23,26)/t10-,11?,13?/m0/s1. The Balaban J connectivity index is 1.68. The summed E-state index contributed by atoms with van der Waals surface area (Å²) in [6, 6.07) is 4.06. The summed E-state index contributed by atoms with van der Waals surface area (Å²) in [5.41, 5.74) is -1.12. The van der Waals surface area contributed by atoms with Crippen LogP contribution in [-0.4, -0.2) is 28.8 Å². The fourth-order valence-electron chi connectivity index (χ4n) is 4.29. The van der Waals surface area contributed by atoms with E-state index in [0.717, 1.165) is 19.2 Å². The number of alkyl halides is 3. The molecule has 0 radical (unpaired) electrons. The molecular formula is C18H21F3N4O. The summed E-state index contributed by atoms with van der Waals surface area (Å²) in [4.78, 5) is 12.6. The van der Waals surface area contributed by atoms with Crippen molar-refractivity contribution in [3.8, 4) is 0 Å². The third-order valence-electron chi connectivity index (χ3n) is 5.59. The molecule has 140 valence electrons. The van der Waals surface area contributed by atoms with Gasteiger partial charge in [0, 0.05) is 18.4 Å². The van der Waals surface area contributed by atoms with E-state index in [2.05, 4.69) is 15.7 Å². The highest BCUT2D eigenvalue weighted by Crippen LogP contribution is 2.49. The van der Waals surface area contributed by atoms with Crippen molar-refractivity contribution in [1.82, 2.24) is 20.4 Å². The zero-order valence-electron chi connectivity index (χ0n) is 14.8. The summed E-state index contributed by atoms with van der Waals surface area (Å²) in [5, 5.41) is 11.0. The first kappa shape index (κ1) is 17.3. The Bertz CT molecular complexity index is 876. The van der Waals surface area contributed by atoms with Gasteiger partial charge in [-0.3, -0.25) is 9.48 Å². The van der Waals surface area contributed by atoms with E-state index in [1.165, 1.54) is 17.8 Å². The minimum Gasteiger partial charge on any atom is -0.345 e. The number of nitrogens with zero attached hydrogens (tertiary/aromatic N) is 2. The quantitative estimate of drug-likeness (QED) is 0.877.